The Balaban J connectivity index is 1.66. The average molecular weight is 308 g/mol. The Morgan fingerprint density at radius 2 is 2.00 bits per heavy atom. The van der Waals surface area contributed by atoms with Crippen molar-refractivity contribution < 1.29 is 9.90 Å². The second-order valence-electron chi connectivity index (χ2n) is 5.68. The van der Waals surface area contributed by atoms with Crippen LogP contribution in [0.2, 0.25) is 0 Å². The molecule has 0 saturated heterocycles. The van der Waals surface area contributed by atoms with E-state index in [4.69, 9.17) is 0 Å². The lowest BCUT2D eigenvalue weighted by Gasteiger charge is -2.09. The number of H-pyrrole nitrogens is 1. The third-order valence-corrected chi connectivity index (χ3v) is 4.03. The number of aromatic nitrogens is 1. The molecule has 2 aromatic carbocycles. The van der Waals surface area contributed by atoms with Gasteiger partial charge in [-0.3, -0.25) is 4.79 Å². The molecule has 118 valence electrons. The molecule has 3 rings (SSSR count). The van der Waals surface area contributed by atoms with Gasteiger partial charge in [-0.2, -0.15) is 0 Å². The average Bonchev–Trinajstić information content (AvgIpc) is 2.98. The van der Waals surface area contributed by atoms with Crippen LogP contribution in [0.3, 0.4) is 0 Å². The molecule has 1 heterocycles. The van der Waals surface area contributed by atoms with E-state index in [0.29, 0.717) is 17.7 Å². The lowest BCUT2D eigenvalue weighted by atomic mass is 10.0. The molecule has 0 aliphatic carbocycles. The maximum atomic E-state index is 12.3. The number of fused-ring (bicyclic) bond motifs is 1. The molecule has 0 unspecified atom stereocenters. The largest absolute Gasteiger partial charge is 0.392 e. The van der Waals surface area contributed by atoms with Crippen molar-refractivity contribution in [2.24, 2.45) is 0 Å². The van der Waals surface area contributed by atoms with E-state index in [1.807, 2.05) is 43.5 Å². The maximum absolute atomic E-state index is 12.3. The number of para-hydroxylation sites is 1. The smallest absolute Gasteiger partial charge is 0.251 e. The van der Waals surface area contributed by atoms with Gasteiger partial charge in [0.2, 0.25) is 0 Å². The summed E-state index contributed by atoms with van der Waals surface area (Å²) in [7, 11) is 0. The zero-order valence-corrected chi connectivity index (χ0v) is 13.1. The molecule has 3 N–H and O–H groups in total. The van der Waals surface area contributed by atoms with Crippen LogP contribution in [0.4, 0.5) is 0 Å². The molecule has 4 nitrogen and oxygen atoms in total. The van der Waals surface area contributed by atoms with Gasteiger partial charge in [-0.05, 0) is 36.6 Å². The Bertz CT molecular complexity index is 836. The highest BCUT2D eigenvalue weighted by molar-refractivity contribution is 5.95. The monoisotopic (exact) mass is 308 g/mol. The normalized spacial score (nSPS) is 10.9. The van der Waals surface area contributed by atoms with E-state index < -0.39 is 0 Å². The van der Waals surface area contributed by atoms with Crippen LogP contribution in [0.1, 0.15) is 27.0 Å². The summed E-state index contributed by atoms with van der Waals surface area (Å²) in [5.74, 6) is -0.145. The highest BCUT2D eigenvalue weighted by atomic mass is 16.3. The second kappa shape index (κ2) is 6.67. The first-order chi connectivity index (χ1) is 11.2. The number of aliphatic hydroxyl groups excluding tert-OH is 1. The minimum absolute atomic E-state index is 0.132. The molecule has 3 aromatic rings. The van der Waals surface area contributed by atoms with Crippen LogP contribution < -0.4 is 5.32 Å². The van der Waals surface area contributed by atoms with Gasteiger partial charge in [0.15, 0.2) is 0 Å². The summed E-state index contributed by atoms with van der Waals surface area (Å²) in [4.78, 5) is 15.5. The predicted octanol–water partition coefficient (Wildman–Crippen LogP) is 2.94. The highest BCUT2D eigenvalue weighted by Crippen LogP contribution is 2.18. The first-order valence-corrected chi connectivity index (χ1v) is 7.72. The van der Waals surface area contributed by atoms with Gasteiger partial charge in [0.25, 0.3) is 5.91 Å². The second-order valence-corrected chi connectivity index (χ2v) is 5.68. The molecule has 0 atom stereocenters. The molecule has 0 aliphatic heterocycles. The quantitative estimate of drug-likeness (QED) is 0.678. The molecule has 1 aromatic heterocycles. The van der Waals surface area contributed by atoms with E-state index in [2.05, 4.69) is 16.4 Å². The van der Waals surface area contributed by atoms with Crippen molar-refractivity contribution in [2.75, 3.05) is 6.54 Å². The lowest BCUT2D eigenvalue weighted by molar-refractivity contribution is 0.0951. The number of amides is 1. The third kappa shape index (κ3) is 3.27. The summed E-state index contributed by atoms with van der Waals surface area (Å²) in [5.41, 5.74) is 4.53. The number of carbonyl (C=O) groups is 1. The fraction of sp³-hybridized carbons (Fsp3) is 0.211. The van der Waals surface area contributed by atoms with Gasteiger partial charge in [0.05, 0.1) is 6.61 Å². The standard InChI is InChI=1S/C19H20N2O2/c1-13-6-7-17(15(10-13)12-22)19(23)20-9-8-14-11-21-18-5-3-2-4-16(14)18/h2-7,10-11,21-22H,8-9,12H2,1H3,(H,20,23). The van der Waals surface area contributed by atoms with Crippen LogP contribution in [0, 0.1) is 6.92 Å². The van der Waals surface area contributed by atoms with Crippen molar-refractivity contribution in [3.05, 3.63) is 70.9 Å². The molecule has 0 radical (unpaired) electrons. The number of hydrogen-bond donors (Lipinski definition) is 3. The molecular weight excluding hydrogens is 288 g/mol. The fourth-order valence-electron chi connectivity index (χ4n) is 2.82. The Kier molecular flexibility index (Phi) is 4.44. The highest BCUT2D eigenvalue weighted by Gasteiger charge is 2.11. The zero-order chi connectivity index (χ0) is 16.2. The van der Waals surface area contributed by atoms with Crippen LogP contribution >= 0.6 is 0 Å². The van der Waals surface area contributed by atoms with Crippen LogP contribution in [0.15, 0.2) is 48.7 Å². The summed E-state index contributed by atoms with van der Waals surface area (Å²) >= 11 is 0. The Hall–Kier alpha value is -2.59. The van der Waals surface area contributed by atoms with Crippen molar-refractivity contribution in [3.8, 4) is 0 Å². The lowest BCUT2D eigenvalue weighted by Crippen LogP contribution is -2.26. The molecule has 0 aliphatic rings. The van der Waals surface area contributed by atoms with Gasteiger partial charge in [-0.25, -0.2) is 0 Å². The molecule has 4 heteroatoms. The number of aliphatic hydroxyl groups is 1. The Labute approximate surface area is 135 Å². The molecule has 0 fully saturated rings. The number of benzene rings is 2. The van der Waals surface area contributed by atoms with Gasteiger partial charge < -0.3 is 15.4 Å². The van der Waals surface area contributed by atoms with Gasteiger partial charge in [0.1, 0.15) is 0 Å². The van der Waals surface area contributed by atoms with Crippen LogP contribution in [-0.2, 0) is 13.0 Å². The number of rotatable bonds is 5. The van der Waals surface area contributed by atoms with Crippen molar-refractivity contribution in [3.63, 3.8) is 0 Å². The van der Waals surface area contributed by atoms with E-state index >= 15 is 0 Å². The molecular formula is C19H20N2O2. The molecule has 0 bridgehead atoms. The summed E-state index contributed by atoms with van der Waals surface area (Å²) in [6, 6.07) is 13.6. The molecule has 0 spiro atoms. The molecule has 0 saturated carbocycles. The van der Waals surface area contributed by atoms with Gasteiger partial charge in [0, 0.05) is 29.2 Å². The van der Waals surface area contributed by atoms with Gasteiger partial charge in [-0.1, -0.05) is 35.9 Å². The number of aryl methyl sites for hydroxylation is 1. The summed E-state index contributed by atoms with van der Waals surface area (Å²) < 4.78 is 0. The summed E-state index contributed by atoms with van der Waals surface area (Å²) in [5, 5.41) is 13.5. The van der Waals surface area contributed by atoms with Crippen molar-refractivity contribution >= 4 is 16.8 Å². The SMILES string of the molecule is Cc1ccc(C(=O)NCCc2c[nH]c3ccccc23)c(CO)c1. The fourth-order valence-corrected chi connectivity index (χ4v) is 2.82. The first-order valence-electron chi connectivity index (χ1n) is 7.72. The molecule has 1 amide bonds. The summed E-state index contributed by atoms with van der Waals surface area (Å²) in [6.07, 6.45) is 2.75. The number of aromatic amines is 1. The van der Waals surface area contributed by atoms with Crippen molar-refractivity contribution in [1.82, 2.24) is 10.3 Å². The van der Waals surface area contributed by atoms with E-state index in [-0.39, 0.29) is 12.5 Å². The minimum Gasteiger partial charge on any atom is -0.392 e. The van der Waals surface area contributed by atoms with E-state index in [1.165, 1.54) is 10.9 Å². The topological polar surface area (TPSA) is 65.1 Å². The Morgan fingerprint density at radius 1 is 1.17 bits per heavy atom. The summed E-state index contributed by atoms with van der Waals surface area (Å²) in [6.45, 7) is 2.37. The van der Waals surface area contributed by atoms with E-state index in [0.717, 1.165) is 17.5 Å². The predicted molar refractivity (Wildman–Crippen MR) is 91.4 cm³/mol. The van der Waals surface area contributed by atoms with E-state index in [9.17, 15) is 9.90 Å². The molecule has 23 heavy (non-hydrogen) atoms. The first kappa shape index (κ1) is 15.3. The van der Waals surface area contributed by atoms with E-state index in [1.54, 1.807) is 6.07 Å². The van der Waals surface area contributed by atoms with Gasteiger partial charge in [-0.15, -0.1) is 0 Å². The van der Waals surface area contributed by atoms with Crippen LogP contribution in [0.25, 0.3) is 10.9 Å². The minimum atomic E-state index is -0.145. The van der Waals surface area contributed by atoms with Crippen molar-refractivity contribution in [1.29, 1.82) is 0 Å². The van der Waals surface area contributed by atoms with Gasteiger partial charge >= 0.3 is 0 Å². The number of hydrogen-bond acceptors (Lipinski definition) is 2. The van der Waals surface area contributed by atoms with Crippen LogP contribution in [-0.4, -0.2) is 22.5 Å². The van der Waals surface area contributed by atoms with Crippen molar-refractivity contribution in [2.45, 2.75) is 20.0 Å². The third-order valence-electron chi connectivity index (χ3n) is 4.03. The maximum Gasteiger partial charge on any atom is 0.251 e. The zero-order valence-electron chi connectivity index (χ0n) is 13.1. The number of nitrogens with one attached hydrogen (secondary N) is 2. The number of carbonyl (C=O) groups excluding carboxylic acids is 1. The Morgan fingerprint density at radius 3 is 2.83 bits per heavy atom. The van der Waals surface area contributed by atoms with Crippen LogP contribution in [0.5, 0.6) is 0 Å².